The summed E-state index contributed by atoms with van der Waals surface area (Å²) in [6.45, 7) is 1.11. The van der Waals surface area contributed by atoms with Gasteiger partial charge in [0.2, 0.25) is 0 Å². The minimum atomic E-state index is -4.17. The quantitative estimate of drug-likeness (QED) is 0.673. The molecule has 1 N–H and O–H groups in total. The molecule has 2 unspecified atom stereocenters. The number of hydrogen-bond acceptors (Lipinski definition) is 3. The van der Waals surface area contributed by atoms with Gasteiger partial charge in [0.1, 0.15) is 0 Å². The van der Waals surface area contributed by atoms with Gasteiger partial charge in [-0.1, -0.05) is 0 Å². The van der Waals surface area contributed by atoms with Crippen LogP contribution in [0.1, 0.15) is 32.1 Å². The molecule has 0 aromatic carbocycles. The van der Waals surface area contributed by atoms with Crippen molar-refractivity contribution in [2.45, 2.75) is 38.3 Å². The topological polar surface area (TPSA) is 32.7 Å². The molecule has 0 spiro atoms. The Bertz CT molecular complexity index is 310. The highest BCUT2D eigenvalue weighted by Gasteiger charge is 2.59. The van der Waals surface area contributed by atoms with Crippen molar-refractivity contribution in [2.75, 3.05) is 41.0 Å². The number of hydrogen-bond donors (Lipinski definition) is 1. The van der Waals surface area contributed by atoms with Crippen LogP contribution in [0, 0.1) is 17.3 Å². The van der Waals surface area contributed by atoms with E-state index in [-0.39, 0.29) is 17.9 Å². The van der Waals surface area contributed by atoms with E-state index in [0.717, 1.165) is 6.42 Å². The third-order valence-electron chi connectivity index (χ3n) is 4.44. The molecule has 0 amide bonds. The molecule has 125 valence electrons. The summed E-state index contributed by atoms with van der Waals surface area (Å²) in [7, 11) is 5.30. The SMILES string of the molecule is COCCC1([C](CCN(C)C)CC(F)(F)F)CC1CCO. The van der Waals surface area contributed by atoms with Gasteiger partial charge < -0.3 is 14.7 Å². The average molecular weight is 310 g/mol. The molecule has 1 fully saturated rings. The van der Waals surface area contributed by atoms with Crippen molar-refractivity contribution in [3.05, 3.63) is 5.92 Å². The predicted molar refractivity (Wildman–Crippen MR) is 75.8 cm³/mol. The summed E-state index contributed by atoms with van der Waals surface area (Å²) < 4.78 is 43.8. The van der Waals surface area contributed by atoms with Crippen molar-refractivity contribution < 1.29 is 23.0 Å². The third-order valence-corrected chi connectivity index (χ3v) is 4.44. The number of aliphatic hydroxyl groups is 1. The number of ether oxygens (including phenoxy) is 1. The van der Waals surface area contributed by atoms with Crippen molar-refractivity contribution in [1.29, 1.82) is 0 Å². The molecule has 1 saturated carbocycles. The summed E-state index contributed by atoms with van der Waals surface area (Å²) >= 11 is 0. The van der Waals surface area contributed by atoms with Gasteiger partial charge >= 0.3 is 6.18 Å². The van der Waals surface area contributed by atoms with Crippen molar-refractivity contribution in [3.8, 4) is 0 Å². The highest BCUT2D eigenvalue weighted by Crippen LogP contribution is 2.65. The van der Waals surface area contributed by atoms with Crippen molar-refractivity contribution in [3.63, 3.8) is 0 Å². The Kier molecular flexibility index (Phi) is 6.94. The van der Waals surface area contributed by atoms with Crippen LogP contribution in [0.5, 0.6) is 0 Å². The maximum atomic E-state index is 12.9. The Hall–Kier alpha value is -0.330. The van der Waals surface area contributed by atoms with E-state index < -0.39 is 12.6 Å². The molecule has 0 aromatic rings. The molecule has 1 radical (unpaired) electrons. The minimum absolute atomic E-state index is 0.0341. The molecule has 1 aliphatic rings. The first-order valence-corrected chi connectivity index (χ1v) is 7.41. The molecule has 1 aliphatic carbocycles. The summed E-state index contributed by atoms with van der Waals surface area (Å²) in [6, 6.07) is 0. The molecule has 0 saturated heterocycles. The van der Waals surface area contributed by atoms with Crippen LogP contribution in [0.25, 0.3) is 0 Å². The van der Waals surface area contributed by atoms with Gasteiger partial charge in [0.05, 0.1) is 6.42 Å². The number of rotatable bonds is 10. The standard InChI is InChI=1S/C15H27F3NO2/c1-19(2)7-4-12(11-15(16,17)18)14(6-9-21-3)10-13(14)5-8-20/h13,20H,4-11H2,1-3H3. The summed E-state index contributed by atoms with van der Waals surface area (Å²) in [6.07, 6.45) is -2.59. The first-order chi connectivity index (χ1) is 9.75. The highest BCUT2D eigenvalue weighted by molar-refractivity contribution is 5.20. The van der Waals surface area contributed by atoms with Crippen LogP contribution < -0.4 is 0 Å². The van der Waals surface area contributed by atoms with Gasteiger partial charge in [0.25, 0.3) is 0 Å². The Morgan fingerprint density at radius 3 is 2.52 bits per heavy atom. The molecular weight excluding hydrogens is 283 g/mol. The number of alkyl halides is 3. The summed E-state index contributed by atoms with van der Waals surface area (Å²) in [5.74, 6) is 0.747. The summed E-state index contributed by atoms with van der Waals surface area (Å²) in [5, 5.41) is 9.10. The zero-order valence-corrected chi connectivity index (χ0v) is 13.2. The smallest absolute Gasteiger partial charge is 0.389 e. The Morgan fingerprint density at radius 2 is 2.05 bits per heavy atom. The molecule has 1 rings (SSSR count). The molecule has 0 aromatic heterocycles. The fraction of sp³-hybridized carbons (Fsp3) is 0.933. The van der Waals surface area contributed by atoms with Gasteiger partial charge in [-0.15, -0.1) is 0 Å². The van der Waals surface area contributed by atoms with Crippen LogP contribution in [0.3, 0.4) is 0 Å². The third kappa shape index (κ3) is 5.75. The van der Waals surface area contributed by atoms with E-state index in [4.69, 9.17) is 9.84 Å². The zero-order valence-electron chi connectivity index (χ0n) is 13.2. The number of nitrogens with zero attached hydrogens (tertiary/aromatic N) is 1. The molecule has 6 heteroatoms. The van der Waals surface area contributed by atoms with E-state index in [1.807, 2.05) is 19.0 Å². The van der Waals surface area contributed by atoms with E-state index in [1.54, 1.807) is 7.11 Å². The Balaban J connectivity index is 2.79. The van der Waals surface area contributed by atoms with E-state index >= 15 is 0 Å². The minimum Gasteiger partial charge on any atom is -0.396 e. The lowest BCUT2D eigenvalue weighted by Gasteiger charge is -2.30. The van der Waals surface area contributed by atoms with Gasteiger partial charge in [0.15, 0.2) is 0 Å². The fourth-order valence-corrected chi connectivity index (χ4v) is 3.23. The predicted octanol–water partition coefficient (Wildman–Crippen LogP) is 2.89. The number of methoxy groups -OCH3 is 1. The first kappa shape index (κ1) is 18.7. The van der Waals surface area contributed by atoms with Crippen LogP contribution in [-0.4, -0.2) is 57.1 Å². The number of halogens is 3. The van der Waals surface area contributed by atoms with Gasteiger partial charge in [-0.05, 0) is 63.6 Å². The van der Waals surface area contributed by atoms with E-state index in [9.17, 15) is 13.2 Å². The lowest BCUT2D eigenvalue weighted by Crippen LogP contribution is -2.28. The molecule has 0 heterocycles. The number of aliphatic hydroxyl groups excluding tert-OH is 1. The van der Waals surface area contributed by atoms with Crippen LogP contribution in [0.2, 0.25) is 0 Å². The van der Waals surface area contributed by atoms with E-state index in [1.165, 1.54) is 0 Å². The van der Waals surface area contributed by atoms with Crippen molar-refractivity contribution >= 4 is 0 Å². The molecule has 3 nitrogen and oxygen atoms in total. The second kappa shape index (κ2) is 7.79. The summed E-state index contributed by atoms with van der Waals surface area (Å²) in [4.78, 5) is 1.91. The lowest BCUT2D eigenvalue weighted by atomic mass is 9.79. The highest BCUT2D eigenvalue weighted by atomic mass is 19.4. The second-order valence-electron chi connectivity index (χ2n) is 6.26. The van der Waals surface area contributed by atoms with Crippen LogP contribution in [0.15, 0.2) is 0 Å². The monoisotopic (exact) mass is 310 g/mol. The molecular formula is C15H27F3NO2. The zero-order chi connectivity index (χ0) is 16.1. The van der Waals surface area contributed by atoms with Crippen LogP contribution in [-0.2, 0) is 4.74 Å². The van der Waals surface area contributed by atoms with Crippen molar-refractivity contribution in [1.82, 2.24) is 4.90 Å². The maximum absolute atomic E-state index is 12.9. The molecule has 0 bridgehead atoms. The Morgan fingerprint density at radius 1 is 1.38 bits per heavy atom. The van der Waals surface area contributed by atoms with Gasteiger partial charge in [0, 0.05) is 20.3 Å². The van der Waals surface area contributed by atoms with Gasteiger partial charge in [-0.3, -0.25) is 0 Å². The lowest BCUT2D eigenvalue weighted by molar-refractivity contribution is -0.134. The second-order valence-corrected chi connectivity index (χ2v) is 6.26. The molecule has 2 atom stereocenters. The van der Waals surface area contributed by atoms with Gasteiger partial charge in [-0.25, -0.2) is 0 Å². The normalized spacial score (nSPS) is 25.9. The maximum Gasteiger partial charge on any atom is 0.389 e. The van der Waals surface area contributed by atoms with E-state index in [2.05, 4.69) is 0 Å². The largest absolute Gasteiger partial charge is 0.396 e. The van der Waals surface area contributed by atoms with Gasteiger partial charge in [-0.2, -0.15) is 13.2 Å². The van der Waals surface area contributed by atoms with Crippen molar-refractivity contribution in [2.24, 2.45) is 11.3 Å². The first-order valence-electron chi connectivity index (χ1n) is 7.41. The summed E-state index contributed by atoms with van der Waals surface area (Å²) in [5.41, 5.74) is -0.385. The molecule has 21 heavy (non-hydrogen) atoms. The average Bonchev–Trinajstić information content (AvgIpc) is 3.05. The molecule has 0 aliphatic heterocycles. The van der Waals surface area contributed by atoms with Crippen LogP contribution in [0.4, 0.5) is 13.2 Å². The van der Waals surface area contributed by atoms with Crippen LogP contribution >= 0.6 is 0 Å². The Labute approximate surface area is 125 Å². The van der Waals surface area contributed by atoms with E-state index in [0.29, 0.717) is 38.3 Å². The fourth-order valence-electron chi connectivity index (χ4n) is 3.23.